The van der Waals surface area contributed by atoms with E-state index in [1.807, 2.05) is 0 Å². The van der Waals surface area contributed by atoms with Gasteiger partial charge in [-0.15, -0.1) is 0 Å². The van der Waals surface area contributed by atoms with Gasteiger partial charge in [0, 0.05) is 26.2 Å². The summed E-state index contributed by atoms with van der Waals surface area (Å²) in [5.74, 6) is 0. The summed E-state index contributed by atoms with van der Waals surface area (Å²) < 4.78 is 28.1. The van der Waals surface area contributed by atoms with E-state index >= 15 is 0 Å². The first-order valence-electron chi connectivity index (χ1n) is 7.05. The second-order valence-corrected chi connectivity index (χ2v) is 7.99. The molecular weight excluding hydrogens is 262 g/mol. The van der Waals surface area contributed by atoms with E-state index in [1.165, 1.54) is 4.31 Å². The summed E-state index contributed by atoms with van der Waals surface area (Å²) in [5.41, 5.74) is -0.00684. The van der Waals surface area contributed by atoms with Crippen molar-refractivity contribution in [2.24, 2.45) is 5.41 Å². The first-order valence-corrected chi connectivity index (χ1v) is 8.49. The first kappa shape index (κ1) is 18.8. The fraction of sp³-hybridized carbons (Fsp3) is 1.00. The van der Waals surface area contributed by atoms with Crippen LogP contribution in [0.4, 0.5) is 0 Å². The molecule has 0 spiro atoms. The number of nitrogens with one attached hydrogen (secondary N) is 2. The van der Waals surface area contributed by atoms with Gasteiger partial charge in [-0.05, 0) is 24.8 Å². The minimum absolute atomic E-state index is 0.00684. The minimum atomic E-state index is -3.35. The Morgan fingerprint density at radius 1 is 1.26 bits per heavy atom. The Bertz CT molecular complexity index is 340. The lowest BCUT2D eigenvalue weighted by Gasteiger charge is -2.25. The Kier molecular flexibility index (Phi) is 8.12. The molecule has 0 unspecified atom stereocenters. The van der Waals surface area contributed by atoms with Crippen LogP contribution < -0.4 is 10.0 Å². The lowest BCUT2D eigenvalue weighted by molar-refractivity contribution is 0.343. The van der Waals surface area contributed by atoms with Gasteiger partial charge in [0.15, 0.2) is 0 Å². The molecular formula is C13H31N3O2S. The zero-order valence-corrected chi connectivity index (χ0v) is 14.1. The maximum Gasteiger partial charge on any atom is 0.279 e. The second-order valence-electron chi connectivity index (χ2n) is 6.13. The van der Waals surface area contributed by atoms with E-state index in [0.29, 0.717) is 19.1 Å². The van der Waals surface area contributed by atoms with Crippen molar-refractivity contribution in [3.8, 4) is 0 Å². The van der Waals surface area contributed by atoms with Gasteiger partial charge in [0.25, 0.3) is 10.2 Å². The molecule has 0 saturated heterocycles. The molecule has 0 aliphatic heterocycles. The maximum absolute atomic E-state index is 12.0. The molecule has 0 rings (SSSR count). The molecule has 0 aromatic heterocycles. The number of hydrogen-bond acceptors (Lipinski definition) is 3. The van der Waals surface area contributed by atoms with E-state index in [2.05, 4.69) is 44.7 Å². The summed E-state index contributed by atoms with van der Waals surface area (Å²) in [6, 6.07) is 0.436. The average Bonchev–Trinajstić information content (AvgIpc) is 2.32. The average molecular weight is 293 g/mol. The number of rotatable bonds is 10. The van der Waals surface area contributed by atoms with Crippen molar-refractivity contribution in [2.75, 3.05) is 26.7 Å². The summed E-state index contributed by atoms with van der Waals surface area (Å²) in [4.78, 5) is 0. The van der Waals surface area contributed by atoms with Crippen LogP contribution in [0, 0.1) is 5.41 Å². The van der Waals surface area contributed by atoms with Crippen molar-refractivity contribution in [1.29, 1.82) is 0 Å². The van der Waals surface area contributed by atoms with Crippen LogP contribution in [0.15, 0.2) is 0 Å². The molecule has 0 fully saturated rings. The molecule has 116 valence electrons. The molecule has 2 N–H and O–H groups in total. The third-order valence-corrected chi connectivity index (χ3v) is 4.82. The van der Waals surface area contributed by atoms with Crippen molar-refractivity contribution in [3.63, 3.8) is 0 Å². The maximum atomic E-state index is 12.0. The van der Waals surface area contributed by atoms with Gasteiger partial charge in [0.05, 0.1) is 0 Å². The van der Waals surface area contributed by atoms with Crippen molar-refractivity contribution in [3.05, 3.63) is 0 Å². The number of nitrogens with zero attached hydrogens (tertiary/aromatic N) is 1. The van der Waals surface area contributed by atoms with Crippen molar-refractivity contribution < 1.29 is 8.42 Å². The SMILES string of the molecule is CCC(C)(C)CNS(=O)(=O)N(C)CCCNC(C)C. The molecule has 0 aliphatic carbocycles. The van der Waals surface area contributed by atoms with Crippen molar-refractivity contribution in [1.82, 2.24) is 14.3 Å². The lowest BCUT2D eigenvalue weighted by atomic mass is 9.91. The van der Waals surface area contributed by atoms with Gasteiger partial charge in [-0.3, -0.25) is 0 Å². The first-order chi connectivity index (χ1) is 8.60. The van der Waals surface area contributed by atoms with Crippen LogP contribution in [0.3, 0.4) is 0 Å². The van der Waals surface area contributed by atoms with E-state index in [-0.39, 0.29) is 5.41 Å². The molecule has 0 amide bonds. The summed E-state index contributed by atoms with van der Waals surface area (Å²) in [6.07, 6.45) is 1.75. The van der Waals surface area contributed by atoms with Gasteiger partial charge in [-0.1, -0.05) is 34.6 Å². The Labute approximate surface area is 119 Å². The van der Waals surface area contributed by atoms with E-state index in [9.17, 15) is 8.42 Å². The largest absolute Gasteiger partial charge is 0.314 e. The number of hydrogen-bond donors (Lipinski definition) is 2. The second kappa shape index (κ2) is 8.19. The van der Waals surface area contributed by atoms with E-state index in [0.717, 1.165) is 19.4 Å². The zero-order valence-electron chi connectivity index (χ0n) is 13.3. The van der Waals surface area contributed by atoms with Crippen LogP contribution in [0.5, 0.6) is 0 Å². The van der Waals surface area contributed by atoms with Gasteiger partial charge < -0.3 is 5.32 Å². The van der Waals surface area contributed by atoms with E-state index in [4.69, 9.17) is 0 Å². The molecule has 5 nitrogen and oxygen atoms in total. The van der Waals surface area contributed by atoms with Crippen LogP contribution in [-0.2, 0) is 10.2 Å². The highest BCUT2D eigenvalue weighted by Gasteiger charge is 2.22. The Hall–Kier alpha value is -0.170. The molecule has 0 radical (unpaired) electrons. The van der Waals surface area contributed by atoms with Crippen LogP contribution in [-0.4, -0.2) is 45.4 Å². The Morgan fingerprint density at radius 2 is 1.84 bits per heavy atom. The molecule has 0 aliphatic rings. The Morgan fingerprint density at radius 3 is 2.32 bits per heavy atom. The Balaban J connectivity index is 4.11. The molecule has 6 heteroatoms. The third-order valence-electron chi connectivity index (χ3n) is 3.30. The molecule has 0 heterocycles. The predicted molar refractivity (Wildman–Crippen MR) is 81.4 cm³/mol. The van der Waals surface area contributed by atoms with Gasteiger partial charge in [0.2, 0.25) is 0 Å². The zero-order chi connectivity index (χ0) is 15.1. The quantitative estimate of drug-likeness (QED) is 0.601. The molecule has 19 heavy (non-hydrogen) atoms. The van der Waals surface area contributed by atoms with Crippen LogP contribution in [0.1, 0.15) is 47.5 Å². The van der Waals surface area contributed by atoms with Crippen molar-refractivity contribution >= 4 is 10.2 Å². The highest BCUT2D eigenvalue weighted by molar-refractivity contribution is 7.87. The normalized spacial score (nSPS) is 13.5. The van der Waals surface area contributed by atoms with Gasteiger partial charge in [0.1, 0.15) is 0 Å². The summed E-state index contributed by atoms with van der Waals surface area (Å²) in [5, 5.41) is 3.28. The van der Waals surface area contributed by atoms with Gasteiger partial charge in [-0.2, -0.15) is 12.7 Å². The monoisotopic (exact) mass is 293 g/mol. The summed E-state index contributed by atoms with van der Waals surface area (Å²) >= 11 is 0. The summed E-state index contributed by atoms with van der Waals surface area (Å²) in [7, 11) is -1.73. The smallest absolute Gasteiger partial charge is 0.279 e. The van der Waals surface area contributed by atoms with E-state index in [1.54, 1.807) is 7.05 Å². The molecule has 0 aromatic rings. The van der Waals surface area contributed by atoms with Crippen LogP contribution >= 0.6 is 0 Å². The lowest BCUT2D eigenvalue weighted by Crippen LogP contribution is -2.43. The molecule has 0 bridgehead atoms. The van der Waals surface area contributed by atoms with Gasteiger partial charge >= 0.3 is 0 Å². The minimum Gasteiger partial charge on any atom is -0.314 e. The van der Waals surface area contributed by atoms with Crippen molar-refractivity contribution in [2.45, 2.75) is 53.5 Å². The fourth-order valence-corrected chi connectivity index (χ4v) is 2.50. The standard InChI is InChI=1S/C13H31N3O2S/c1-7-13(4,5)11-15-19(17,18)16(6)10-8-9-14-12(2)3/h12,14-15H,7-11H2,1-6H3. The fourth-order valence-electron chi connectivity index (χ4n) is 1.33. The highest BCUT2D eigenvalue weighted by atomic mass is 32.2. The highest BCUT2D eigenvalue weighted by Crippen LogP contribution is 2.18. The van der Waals surface area contributed by atoms with Crippen LogP contribution in [0.25, 0.3) is 0 Å². The molecule has 0 aromatic carbocycles. The molecule has 0 atom stereocenters. The van der Waals surface area contributed by atoms with E-state index < -0.39 is 10.2 Å². The summed E-state index contributed by atoms with van der Waals surface area (Å²) in [6.45, 7) is 12.2. The topological polar surface area (TPSA) is 61.4 Å². The molecule has 0 saturated carbocycles. The third kappa shape index (κ3) is 8.57. The predicted octanol–water partition coefficient (Wildman–Crippen LogP) is 1.58. The van der Waals surface area contributed by atoms with Crippen LogP contribution in [0.2, 0.25) is 0 Å². The van der Waals surface area contributed by atoms with Gasteiger partial charge in [-0.25, -0.2) is 4.72 Å².